The fraction of sp³-hybridized carbons (Fsp3) is 0.647. The maximum atomic E-state index is 12.5. The Morgan fingerprint density at radius 1 is 1.24 bits per heavy atom. The number of hydrogen-bond donors (Lipinski definition) is 1. The van der Waals surface area contributed by atoms with Crippen LogP contribution in [-0.2, 0) is 11.8 Å². The molecule has 2 aromatic heterocycles. The standard InChI is InChI=1S/C17H27N7O/c1-11(2)9-14(18)17(25)24-7-5-23(6-8-24)16-13-10-19-22(4)15(13)20-12(3)21-16/h10-11,14H,5-9,18H2,1-4H3/t14-/m0/s1. The molecule has 0 unspecified atom stereocenters. The van der Waals surface area contributed by atoms with Gasteiger partial charge in [0.2, 0.25) is 5.91 Å². The minimum atomic E-state index is -0.405. The Balaban J connectivity index is 1.72. The van der Waals surface area contributed by atoms with E-state index >= 15 is 0 Å². The zero-order valence-corrected chi connectivity index (χ0v) is 15.4. The third kappa shape index (κ3) is 3.58. The van der Waals surface area contributed by atoms with Gasteiger partial charge in [0.25, 0.3) is 0 Å². The van der Waals surface area contributed by atoms with Crippen molar-refractivity contribution in [3.05, 3.63) is 12.0 Å². The first-order chi connectivity index (χ1) is 11.9. The number of carbonyl (C=O) groups is 1. The number of carbonyl (C=O) groups excluding carboxylic acids is 1. The van der Waals surface area contributed by atoms with Gasteiger partial charge in [0, 0.05) is 33.2 Å². The number of rotatable bonds is 4. The van der Waals surface area contributed by atoms with Crippen LogP contribution in [0.4, 0.5) is 5.82 Å². The SMILES string of the molecule is Cc1nc(N2CCN(C(=O)[C@@H](N)CC(C)C)CC2)c2cnn(C)c2n1. The predicted molar refractivity (Wildman–Crippen MR) is 97.3 cm³/mol. The number of hydrogen-bond acceptors (Lipinski definition) is 6. The number of aromatic nitrogens is 4. The first-order valence-corrected chi connectivity index (χ1v) is 8.82. The molecule has 8 nitrogen and oxygen atoms in total. The Morgan fingerprint density at radius 3 is 2.56 bits per heavy atom. The van der Waals surface area contributed by atoms with Gasteiger partial charge in [0.1, 0.15) is 11.6 Å². The van der Waals surface area contributed by atoms with Crippen LogP contribution in [0.2, 0.25) is 0 Å². The van der Waals surface area contributed by atoms with Crippen molar-refractivity contribution in [3.63, 3.8) is 0 Å². The van der Waals surface area contributed by atoms with Gasteiger partial charge >= 0.3 is 0 Å². The molecular weight excluding hydrogens is 318 g/mol. The van der Waals surface area contributed by atoms with Crippen molar-refractivity contribution in [2.24, 2.45) is 18.7 Å². The lowest BCUT2D eigenvalue weighted by atomic mass is 10.0. The van der Waals surface area contributed by atoms with Crippen LogP contribution in [-0.4, -0.2) is 62.8 Å². The molecule has 0 spiro atoms. The summed E-state index contributed by atoms with van der Waals surface area (Å²) in [6.07, 6.45) is 2.53. The summed E-state index contributed by atoms with van der Waals surface area (Å²) >= 11 is 0. The van der Waals surface area contributed by atoms with E-state index in [1.54, 1.807) is 10.9 Å². The Hall–Kier alpha value is -2.22. The fourth-order valence-electron chi connectivity index (χ4n) is 3.34. The third-order valence-corrected chi connectivity index (χ3v) is 4.62. The molecule has 2 N–H and O–H groups in total. The van der Waals surface area contributed by atoms with E-state index in [0.29, 0.717) is 19.0 Å². The molecule has 3 heterocycles. The monoisotopic (exact) mass is 345 g/mol. The Morgan fingerprint density at radius 2 is 1.92 bits per heavy atom. The summed E-state index contributed by atoms with van der Waals surface area (Å²) in [7, 11) is 1.88. The molecule has 0 saturated carbocycles. The van der Waals surface area contributed by atoms with Crippen LogP contribution >= 0.6 is 0 Å². The molecule has 8 heteroatoms. The van der Waals surface area contributed by atoms with E-state index in [2.05, 4.69) is 33.8 Å². The number of nitrogens with two attached hydrogens (primary N) is 1. The van der Waals surface area contributed by atoms with Gasteiger partial charge in [-0.1, -0.05) is 13.8 Å². The fourth-order valence-corrected chi connectivity index (χ4v) is 3.34. The maximum Gasteiger partial charge on any atom is 0.239 e. The maximum absolute atomic E-state index is 12.5. The number of aryl methyl sites for hydroxylation is 2. The zero-order chi connectivity index (χ0) is 18.1. The normalized spacial score (nSPS) is 16.7. The van der Waals surface area contributed by atoms with Crippen molar-refractivity contribution in [2.75, 3.05) is 31.1 Å². The molecule has 1 aliphatic rings. The van der Waals surface area contributed by atoms with E-state index in [1.807, 2.05) is 18.9 Å². The molecule has 0 aromatic carbocycles. The average molecular weight is 345 g/mol. The second-order valence-electron chi connectivity index (χ2n) is 7.15. The van der Waals surface area contributed by atoms with E-state index < -0.39 is 6.04 Å². The second-order valence-corrected chi connectivity index (χ2v) is 7.15. The number of anilines is 1. The molecule has 1 atom stereocenters. The highest BCUT2D eigenvalue weighted by molar-refractivity contribution is 5.87. The summed E-state index contributed by atoms with van der Waals surface area (Å²) in [6, 6.07) is -0.405. The molecule has 1 aliphatic heterocycles. The van der Waals surface area contributed by atoms with E-state index in [1.165, 1.54) is 0 Å². The van der Waals surface area contributed by atoms with Crippen LogP contribution in [0.3, 0.4) is 0 Å². The summed E-state index contributed by atoms with van der Waals surface area (Å²) in [5.41, 5.74) is 6.89. The van der Waals surface area contributed by atoms with E-state index in [4.69, 9.17) is 5.73 Å². The minimum Gasteiger partial charge on any atom is -0.352 e. The number of nitrogens with zero attached hydrogens (tertiary/aromatic N) is 6. The van der Waals surface area contributed by atoms with Crippen LogP contribution in [0.1, 0.15) is 26.1 Å². The third-order valence-electron chi connectivity index (χ3n) is 4.62. The van der Waals surface area contributed by atoms with Gasteiger partial charge < -0.3 is 15.5 Å². The highest BCUT2D eigenvalue weighted by Gasteiger charge is 2.27. The van der Waals surface area contributed by atoms with Gasteiger partial charge in [-0.15, -0.1) is 0 Å². The average Bonchev–Trinajstić information content (AvgIpc) is 2.94. The van der Waals surface area contributed by atoms with Crippen LogP contribution in [0.25, 0.3) is 11.0 Å². The molecular formula is C17H27N7O. The van der Waals surface area contributed by atoms with Gasteiger partial charge in [-0.3, -0.25) is 9.48 Å². The quantitative estimate of drug-likeness (QED) is 0.876. The Kier molecular flexibility index (Phi) is 4.89. The first-order valence-electron chi connectivity index (χ1n) is 8.82. The zero-order valence-electron chi connectivity index (χ0n) is 15.4. The van der Waals surface area contributed by atoms with Crippen molar-refractivity contribution >= 4 is 22.8 Å². The van der Waals surface area contributed by atoms with Gasteiger partial charge in [-0.05, 0) is 19.3 Å². The molecule has 0 radical (unpaired) electrons. The van der Waals surface area contributed by atoms with Crippen molar-refractivity contribution in [2.45, 2.75) is 33.2 Å². The Bertz CT molecular complexity index is 762. The molecule has 3 rings (SSSR count). The lowest BCUT2D eigenvalue weighted by Crippen LogP contribution is -2.53. The number of amides is 1. The highest BCUT2D eigenvalue weighted by atomic mass is 16.2. The van der Waals surface area contributed by atoms with Crippen LogP contribution in [0.15, 0.2) is 6.20 Å². The summed E-state index contributed by atoms with van der Waals surface area (Å²) < 4.78 is 1.76. The molecule has 1 saturated heterocycles. The molecule has 136 valence electrons. The minimum absolute atomic E-state index is 0.0544. The van der Waals surface area contributed by atoms with E-state index in [-0.39, 0.29) is 5.91 Å². The van der Waals surface area contributed by atoms with Crippen molar-refractivity contribution in [1.82, 2.24) is 24.6 Å². The van der Waals surface area contributed by atoms with Gasteiger partial charge in [0.15, 0.2) is 5.65 Å². The first kappa shape index (κ1) is 17.6. The predicted octanol–water partition coefficient (Wildman–Crippen LogP) is 0.694. The van der Waals surface area contributed by atoms with Crippen LogP contribution < -0.4 is 10.6 Å². The lowest BCUT2D eigenvalue weighted by molar-refractivity contribution is -0.133. The summed E-state index contributed by atoms with van der Waals surface area (Å²) in [5.74, 6) is 2.10. The summed E-state index contributed by atoms with van der Waals surface area (Å²) in [5, 5.41) is 5.24. The molecule has 0 aliphatic carbocycles. The van der Waals surface area contributed by atoms with Crippen molar-refractivity contribution in [1.29, 1.82) is 0 Å². The molecule has 1 fully saturated rings. The molecule has 0 bridgehead atoms. The topological polar surface area (TPSA) is 93.2 Å². The van der Waals surface area contributed by atoms with E-state index in [9.17, 15) is 4.79 Å². The van der Waals surface area contributed by atoms with E-state index in [0.717, 1.165) is 42.2 Å². The summed E-state index contributed by atoms with van der Waals surface area (Å²) in [6.45, 7) is 8.86. The number of piperazine rings is 1. The number of fused-ring (bicyclic) bond motifs is 1. The van der Waals surface area contributed by atoms with Gasteiger partial charge in [-0.2, -0.15) is 5.10 Å². The van der Waals surface area contributed by atoms with Crippen LogP contribution in [0.5, 0.6) is 0 Å². The van der Waals surface area contributed by atoms with Gasteiger partial charge in [-0.25, -0.2) is 9.97 Å². The summed E-state index contributed by atoms with van der Waals surface area (Å²) in [4.78, 5) is 25.7. The molecule has 1 amide bonds. The Labute approximate surface area is 148 Å². The molecule has 2 aromatic rings. The molecule has 25 heavy (non-hydrogen) atoms. The largest absolute Gasteiger partial charge is 0.352 e. The van der Waals surface area contributed by atoms with Crippen LogP contribution in [0, 0.1) is 12.8 Å². The second kappa shape index (κ2) is 6.95. The van der Waals surface area contributed by atoms with Gasteiger partial charge in [0.05, 0.1) is 17.6 Å². The van der Waals surface area contributed by atoms with Crippen molar-refractivity contribution < 1.29 is 4.79 Å². The highest BCUT2D eigenvalue weighted by Crippen LogP contribution is 2.24. The lowest BCUT2D eigenvalue weighted by Gasteiger charge is -2.36. The van der Waals surface area contributed by atoms with Crippen molar-refractivity contribution in [3.8, 4) is 0 Å². The smallest absolute Gasteiger partial charge is 0.239 e.